The SMILES string of the molecule is CNC(C)c1csc(NC(=O)c2cc(C)cc(C)c2)n1. The van der Waals surface area contributed by atoms with Gasteiger partial charge < -0.3 is 5.32 Å². The summed E-state index contributed by atoms with van der Waals surface area (Å²) in [6.45, 7) is 6.00. The molecule has 2 rings (SSSR count). The average Bonchev–Trinajstić information content (AvgIpc) is 2.85. The van der Waals surface area contributed by atoms with Gasteiger partial charge in [-0.25, -0.2) is 4.98 Å². The predicted molar refractivity (Wildman–Crippen MR) is 83.5 cm³/mol. The van der Waals surface area contributed by atoms with Gasteiger partial charge in [0, 0.05) is 17.0 Å². The molecule has 0 spiro atoms. The molecule has 20 heavy (non-hydrogen) atoms. The topological polar surface area (TPSA) is 54.0 Å². The first-order chi connectivity index (χ1) is 9.49. The molecule has 0 aliphatic heterocycles. The number of rotatable bonds is 4. The van der Waals surface area contributed by atoms with E-state index in [0.717, 1.165) is 16.8 Å². The van der Waals surface area contributed by atoms with E-state index in [2.05, 4.69) is 15.6 Å². The van der Waals surface area contributed by atoms with Gasteiger partial charge in [-0.3, -0.25) is 10.1 Å². The van der Waals surface area contributed by atoms with Crippen LogP contribution in [0.3, 0.4) is 0 Å². The highest BCUT2D eigenvalue weighted by Gasteiger charge is 2.12. The van der Waals surface area contributed by atoms with E-state index in [-0.39, 0.29) is 11.9 Å². The third-order valence-corrected chi connectivity index (χ3v) is 3.88. The lowest BCUT2D eigenvalue weighted by Crippen LogP contribution is -2.14. The molecule has 106 valence electrons. The lowest BCUT2D eigenvalue weighted by molar-refractivity contribution is 0.102. The summed E-state index contributed by atoms with van der Waals surface area (Å²) in [6, 6.07) is 5.99. The van der Waals surface area contributed by atoms with Crippen molar-refractivity contribution in [3.63, 3.8) is 0 Å². The van der Waals surface area contributed by atoms with Crippen LogP contribution >= 0.6 is 11.3 Å². The average molecular weight is 289 g/mol. The standard InChI is InChI=1S/C15H19N3OS/c1-9-5-10(2)7-12(6-9)14(19)18-15-17-13(8-20-15)11(3)16-4/h5-8,11,16H,1-4H3,(H,17,18,19). The highest BCUT2D eigenvalue weighted by atomic mass is 32.1. The molecule has 1 aromatic heterocycles. The van der Waals surface area contributed by atoms with Crippen LogP contribution in [0.25, 0.3) is 0 Å². The van der Waals surface area contributed by atoms with Crippen LogP contribution in [0.2, 0.25) is 0 Å². The molecule has 0 aliphatic rings. The molecule has 0 saturated heterocycles. The van der Waals surface area contributed by atoms with Crippen LogP contribution in [-0.4, -0.2) is 17.9 Å². The number of thiazole rings is 1. The quantitative estimate of drug-likeness (QED) is 0.908. The van der Waals surface area contributed by atoms with Gasteiger partial charge in [-0.2, -0.15) is 0 Å². The Labute approximate surface area is 123 Å². The molecular formula is C15H19N3OS. The first kappa shape index (κ1) is 14.7. The molecule has 2 aromatic rings. The number of aromatic nitrogens is 1. The predicted octanol–water partition coefficient (Wildman–Crippen LogP) is 3.29. The van der Waals surface area contributed by atoms with E-state index in [1.165, 1.54) is 11.3 Å². The Kier molecular flexibility index (Phi) is 4.52. The van der Waals surface area contributed by atoms with E-state index >= 15 is 0 Å². The number of carbonyl (C=O) groups excluding carboxylic acids is 1. The number of anilines is 1. The van der Waals surface area contributed by atoms with E-state index < -0.39 is 0 Å². The Balaban J connectivity index is 2.13. The van der Waals surface area contributed by atoms with Crippen LogP contribution in [0.5, 0.6) is 0 Å². The van der Waals surface area contributed by atoms with Crippen LogP contribution < -0.4 is 10.6 Å². The van der Waals surface area contributed by atoms with Gasteiger partial charge in [-0.1, -0.05) is 17.2 Å². The second-order valence-corrected chi connectivity index (χ2v) is 5.78. The van der Waals surface area contributed by atoms with Gasteiger partial charge in [-0.05, 0) is 40.0 Å². The van der Waals surface area contributed by atoms with Crippen molar-refractivity contribution in [1.29, 1.82) is 0 Å². The molecule has 0 bridgehead atoms. The molecule has 0 radical (unpaired) electrons. The van der Waals surface area contributed by atoms with Crippen LogP contribution in [0.15, 0.2) is 23.6 Å². The van der Waals surface area contributed by atoms with E-state index in [9.17, 15) is 4.79 Å². The number of hydrogen-bond acceptors (Lipinski definition) is 4. The molecule has 1 heterocycles. The van der Waals surface area contributed by atoms with Crippen molar-refractivity contribution in [2.45, 2.75) is 26.8 Å². The Morgan fingerprint density at radius 3 is 2.50 bits per heavy atom. The summed E-state index contributed by atoms with van der Waals surface area (Å²) < 4.78 is 0. The summed E-state index contributed by atoms with van der Waals surface area (Å²) in [5, 5.41) is 8.57. The number of nitrogens with one attached hydrogen (secondary N) is 2. The van der Waals surface area contributed by atoms with Crippen molar-refractivity contribution in [2.75, 3.05) is 12.4 Å². The first-order valence-corrected chi connectivity index (χ1v) is 7.40. The molecule has 2 N–H and O–H groups in total. The Morgan fingerprint density at radius 1 is 1.25 bits per heavy atom. The van der Waals surface area contributed by atoms with Gasteiger partial charge in [0.15, 0.2) is 5.13 Å². The van der Waals surface area contributed by atoms with E-state index in [4.69, 9.17) is 0 Å². The third kappa shape index (κ3) is 3.43. The van der Waals surface area contributed by atoms with Gasteiger partial charge in [0.05, 0.1) is 5.69 Å². The highest BCUT2D eigenvalue weighted by Crippen LogP contribution is 2.21. The maximum Gasteiger partial charge on any atom is 0.257 e. The van der Waals surface area contributed by atoms with Crippen LogP contribution in [0, 0.1) is 13.8 Å². The minimum Gasteiger partial charge on any atom is -0.312 e. The summed E-state index contributed by atoms with van der Waals surface area (Å²) in [7, 11) is 1.89. The van der Waals surface area contributed by atoms with E-state index in [1.807, 2.05) is 51.4 Å². The smallest absolute Gasteiger partial charge is 0.257 e. The fraction of sp³-hybridized carbons (Fsp3) is 0.333. The molecule has 0 saturated carbocycles. The number of benzene rings is 1. The van der Waals surface area contributed by atoms with Crippen molar-refractivity contribution in [2.24, 2.45) is 0 Å². The third-order valence-electron chi connectivity index (χ3n) is 3.10. The molecule has 0 fully saturated rings. The van der Waals surface area contributed by atoms with Crippen molar-refractivity contribution in [3.8, 4) is 0 Å². The summed E-state index contributed by atoms with van der Waals surface area (Å²) in [6.07, 6.45) is 0. The van der Waals surface area contributed by atoms with E-state index in [1.54, 1.807) is 0 Å². The number of hydrogen-bond donors (Lipinski definition) is 2. The number of nitrogens with zero attached hydrogens (tertiary/aromatic N) is 1. The van der Waals surface area contributed by atoms with Crippen LogP contribution in [-0.2, 0) is 0 Å². The van der Waals surface area contributed by atoms with Gasteiger partial charge in [0.25, 0.3) is 5.91 Å². The Morgan fingerprint density at radius 2 is 1.90 bits per heavy atom. The molecular weight excluding hydrogens is 270 g/mol. The molecule has 1 atom stereocenters. The normalized spacial score (nSPS) is 12.2. The minimum absolute atomic E-state index is 0.116. The van der Waals surface area contributed by atoms with Crippen molar-refractivity contribution >= 4 is 22.4 Å². The summed E-state index contributed by atoms with van der Waals surface area (Å²) in [5.41, 5.74) is 3.77. The zero-order valence-corrected chi connectivity index (χ0v) is 13.0. The fourth-order valence-corrected chi connectivity index (χ4v) is 2.76. The largest absolute Gasteiger partial charge is 0.312 e. The van der Waals surface area contributed by atoms with Gasteiger partial charge >= 0.3 is 0 Å². The van der Waals surface area contributed by atoms with Gasteiger partial charge in [0.1, 0.15) is 0 Å². The van der Waals surface area contributed by atoms with Crippen LogP contribution in [0.1, 0.15) is 40.1 Å². The number of aryl methyl sites for hydroxylation is 2. The van der Waals surface area contributed by atoms with Crippen LogP contribution in [0.4, 0.5) is 5.13 Å². The molecule has 0 aliphatic carbocycles. The second-order valence-electron chi connectivity index (χ2n) is 4.92. The summed E-state index contributed by atoms with van der Waals surface area (Å²) in [4.78, 5) is 16.6. The highest BCUT2D eigenvalue weighted by molar-refractivity contribution is 7.14. The molecule has 1 amide bonds. The first-order valence-electron chi connectivity index (χ1n) is 6.52. The van der Waals surface area contributed by atoms with Gasteiger partial charge in [-0.15, -0.1) is 11.3 Å². The van der Waals surface area contributed by atoms with Crippen molar-refractivity contribution in [1.82, 2.24) is 10.3 Å². The molecule has 1 aromatic carbocycles. The summed E-state index contributed by atoms with van der Waals surface area (Å²) in [5.74, 6) is -0.116. The molecule has 1 unspecified atom stereocenters. The second kappa shape index (κ2) is 6.15. The Hall–Kier alpha value is -1.72. The lowest BCUT2D eigenvalue weighted by atomic mass is 10.1. The zero-order valence-electron chi connectivity index (χ0n) is 12.2. The van der Waals surface area contributed by atoms with Crippen molar-refractivity contribution < 1.29 is 4.79 Å². The molecule has 5 heteroatoms. The maximum atomic E-state index is 12.2. The van der Waals surface area contributed by atoms with Crippen molar-refractivity contribution in [3.05, 3.63) is 46.0 Å². The van der Waals surface area contributed by atoms with E-state index in [0.29, 0.717) is 10.7 Å². The minimum atomic E-state index is -0.116. The van der Waals surface area contributed by atoms with Gasteiger partial charge in [0.2, 0.25) is 0 Å². The zero-order chi connectivity index (χ0) is 14.7. The monoisotopic (exact) mass is 289 g/mol. The summed E-state index contributed by atoms with van der Waals surface area (Å²) >= 11 is 1.44. The Bertz CT molecular complexity index is 601. The molecule has 4 nitrogen and oxygen atoms in total. The maximum absolute atomic E-state index is 12.2. The number of carbonyl (C=O) groups is 1. The fourth-order valence-electron chi connectivity index (χ4n) is 1.97. The number of amides is 1. The lowest BCUT2D eigenvalue weighted by Gasteiger charge is -2.06.